The number of ketones is 1. The second-order valence-corrected chi connectivity index (χ2v) is 9.33. The van der Waals surface area contributed by atoms with Crippen molar-refractivity contribution in [2.45, 2.75) is 57.0 Å². The number of carbonyl (C=O) groups excluding carboxylic acids is 3. The predicted octanol–water partition coefficient (Wildman–Crippen LogP) is 2.21. The number of H-pyrrole nitrogens is 1. The summed E-state index contributed by atoms with van der Waals surface area (Å²) in [6.45, 7) is 0.285. The Morgan fingerprint density at radius 3 is 2.49 bits per heavy atom. The van der Waals surface area contributed by atoms with Crippen molar-refractivity contribution in [3.8, 4) is 5.75 Å². The van der Waals surface area contributed by atoms with Gasteiger partial charge in [-0.3, -0.25) is 19.2 Å². The van der Waals surface area contributed by atoms with E-state index < -0.39 is 36.2 Å². The first-order valence-electron chi connectivity index (χ1n) is 12.1. The number of carboxylic acids is 1. The summed E-state index contributed by atoms with van der Waals surface area (Å²) in [5.74, 6) is -3.88. The van der Waals surface area contributed by atoms with Crippen LogP contribution in [0.5, 0.6) is 5.75 Å². The van der Waals surface area contributed by atoms with Crippen LogP contribution < -0.4 is 5.32 Å². The Morgan fingerprint density at radius 2 is 1.80 bits per heavy atom. The number of phenolic OH excluding ortho intramolecular Hbond substituents is 1. The molecule has 10 heteroatoms. The lowest BCUT2D eigenvalue weighted by atomic mass is 9.82. The molecular formula is C25H31N3O7. The van der Waals surface area contributed by atoms with Crippen molar-refractivity contribution in [1.29, 1.82) is 0 Å². The lowest BCUT2D eigenvalue weighted by molar-refractivity contribution is -0.148. The average molecular weight is 486 g/mol. The maximum absolute atomic E-state index is 13.5. The molecule has 0 unspecified atom stereocenters. The van der Waals surface area contributed by atoms with E-state index in [9.17, 15) is 29.4 Å². The second kappa shape index (κ2) is 10.9. The molecule has 2 aromatic rings. The van der Waals surface area contributed by atoms with Gasteiger partial charge in [-0.2, -0.15) is 0 Å². The van der Waals surface area contributed by atoms with E-state index >= 15 is 0 Å². The van der Waals surface area contributed by atoms with Crippen LogP contribution in [0.4, 0.5) is 0 Å². The van der Waals surface area contributed by atoms with Crippen LogP contribution >= 0.6 is 0 Å². The van der Waals surface area contributed by atoms with Crippen LogP contribution in [0.3, 0.4) is 0 Å². The summed E-state index contributed by atoms with van der Waals surface area (Å²) in [5, 5.41) is 22.7. The summed E-state index contributed by atoms with van der Waals surface area (Å²) < 4.78 is 5.35. The summed E-state index contributed by atoms with van der Waals surface area (Å²) in [4.78, 5) is 55.9. The number of ether oxygens (including phenoxy) is 1. The van der Waals surface area contributed by atoms with Gasteiger partial charge in [0.25, 0.3) is 11.7 Å². The third kappa shape index (κ3) is 5.64. The molecule has 0 bridgehead atoms. The number of nitrogens with one attached hydrogen (secondary N) is 2. The number of nitrogens with zero attached hydrogens (tertiary/aromatic N) is 1. The van der Waals surface area contributed by atoms with Crippen molar-refractivity contribution in [1.82, 2.24) is 15.2 Å². The Morgan fingerprint density at radius 1 is 1.09 bits per heavy atom. The van der Waals surface area contributed by atoms with Crippen molar-refractivity contribution in [3.63, 3.8) is 0 Å². The van der Waals surface area contributed by atoms with Crippen LogP contribution in [0.1, 0.15) is 55.3 Å². The number of fused-ring (bicyclic) bond motifs is 1. The number of aromatic nitrogens is 1. The van der Waals surface area contributed by atoms with E-state index in [4.69, 9.17) is 4.74 Å². The fourth-order valence-corrected chi connectivity index (χ4v) is 5.18. The average Bonchev–Trinajstić information content (AvgIpc) is 3.26. The Bertz CT molecular complexity index is 1100. The van der Waals surface area contributed by atoms with Crippen LogP contribution in [0.25, 0.3) is 10.9 Å². The SMILES string of the molecule is O=C(O)CN(C(=O)C(=O)c1c[nH]c2cc(O)ccc12)[C@@H](C(=O)NC1CCOCC1)C1CCCCC1. The van der Waals surface area contributed by atoms with E-state index in [1.165, 1.54) is 24.4 Å². The molecule has 1 aliphatic carbocycles. The van der Waals surface area contributed by atoms with Gasteiger partial charge < -0.3 is 30.2 Å². The van der Waals surface area contributed by atoms with Gasteiger partial charge in [-0.1, -0.05) is 19.3 Å². The number of amides is 2. The largest absolute Gasteiger partial charge is 0.508 e. The number of Topliss-reactive ketones (excluding diaryl/α,β-unsaturated/α-hetero) is 1. The summed E-state index contributed by atoms with van der Waals surface area (Å²) >= 11 is 0. The molecule has 2 aliphatic rings. The number of phenols is 1. The fourth-order valence-electron chi connectivity index (χ4n) is 5.18. The van der Waals surface area contributed by atoms with Crippen molar-refractivity contribution in [2.75, 3.05) is 19.8 Å². The summed E-state index contributed by atoms with van der Waals surface area (Å²) in [6.07, 6.45) is 6.75. The van der Waals surface area contributed by atoms with Gasteiger partial charge in [0.1, 0.15) is 18.3 Å². The van der Waals surface area contributed by atoms with Crippen LogP contribution in [-0.4, -0.2) is 75.5 Å². The van der Waals surface area contributed by atoms with Crippen LogP contribution in [0.2, 0.25) is 0 Å². The molecule has 10 nitrogen and oxygen atoms in total. The smallest absolute Gasteiger partial charge is 0.323 e. The highest BCUT2D eigenvalue weighted by Gasteiger charge is 2.41. The Labute approximate surface area is 202 Å². The molecule has 188 valence electrons. The van der Waals surface area contributed by atoms with Gasteiger partial charge in [-0.05, 0) is 43.7 Å². The number of carbonyl (C=O) groups is 4. The molecule has 2 heterocycles. The van der Waals surface area contributed by atoms with E-state index in [2.05, 4.69) is 10.3 Å². The van der Waals surface area contributed by atoms with Gasteiger partial charge in [0.05, 0.1) is 5.56 Å². The molecule has 35 heavy (non-hydrogen) atoms. The monoisotopic (exact) mass is 485 g/mol. The van der Waals surface area contributed by atoms with Gasteiger partial charge in [0.2, 0.25) is 5.91 Å². The van der Waals surface area contributed by atoms with Crippen molar-refractivity contribution >= 4 is 34.5 Å². The van der Waals surface area contributed by atoms with E-state index in [0.717, 1.165) is 24.2 Å². The molecule has 0 spiro atoms. The number of aromatic hydroxyl groups is 1. The van der Waals surface area contributed by atoms with Gasteiger partial charge in [0, 0.05) is 42.4 Å². The van der Waals surface area contributed by atoms with E-state index in [1.807, 2.05) is 0 Å². The molecule has 1 aromatic heterocycles. The lowest BCUT2D eigenvalue weighted by Gasteiger charge is -2.37. The van der Waals surface area contributed by atoms with E-state index in [0.29, 0.717) is 49.8 Å². The maximum Gasteiger partial charge on any atom is 0.323 e. The molecule has 1 saturated carbocycles. The molecule has 1 aromatic carbocycles. The number of rotatable bonds is 8. The normalized spacial score (nSPS) is 18.2. The zero-order valence-electron chi connectivity index (χ0n) is 19.5. The van der Waals surface area contributed by atoms with Gasteiger partial charge in [-0.25, -0.2) is 0 Å². The van der Waals surface area contributed by atoms with Crippen molar-refractivity contribution in [3.05, 3.63) is 30.0 Å². The zero-order valence-corrected chi connectivity index (χ0v) is 19.5. The quantitative estimate of drug-likeness (QED) is 0.331. The maximum atomic E-state index is 13.5. The molecule has 1 atom stereocenters. The Balaban J connectivity index is 1.65. The molecule has 0 radical (unpaired) electrons. The number of hydrogen-bond donors (Lipinski definition) is 4. The topological polar surface area (TPSA) is 149 Å². The van der Waals surface area contributed by atoms with E-state index in [-0.39, 0.29) is 23.3 Å². The van der Waals surface area contributed by atoms with Crippen molar-refractivity contribution < 1.29 is 34.1 Å². The summed E-state index contributed by atoms with van der Waals surface area (Å²) in [6, 6.07) is 3.16. The Hall–Kier alpha value is -3.40. The highest BCUT2D eigenvalue weighted by Crippen LogP contribution is 2.31. The minimum atomic E-state index is -1.30. The molecule has 1 aliphatic heterocycles. The van der Waals surface area contributed by atoms with E-state index in [1.54, 1.807) is 0 Å². The van der Waals surface area contributed by atoms with Gasteiger partial charge in [-0.15, -0.1) is 0 Å². The molecule has 4 N–H and O–H groups in total. The number of aromatic amines is 1. The van der Waals surface area contributed by atoms with Crippen LogP contribution in [-0.2, 0) is 19.1 Å². The molecule has 1 saturated heterocycles. The second-order valence-electron chi connectivity index (χ2n) is 9.33. The molecular weight excluding hydrogens is 454 g/mol. The van der Waals surface area contributed by atoms with Gasteiger partial charge >= 0.3 is 5.97 Å². The van der Waals surface area contributed by atoms with Crippen LogP contribution in [0.15, 0.2) is 24.4 Å². The molecule has 4 rings (SSSR count). The molecule has 2 amide bonds. The van der Waals surface area contributed by atoms with Crippen molar-refractivity contribution in [2.24, 2.45) is 5.92 Å². The molecule has 2 fully saturated rings. The standard InChI is InChI=1S/C25H31N3O7/c29-17-6-7-18-19(13-26-20(18)12-17)23(32)25(34)28(14-21(30)31)22(15-4-2-1-3-5-15)24(33)27-16-8-10-35-11-9-16/h6-7,12-13,15-16,22,26,29H,1-5,8-11,14H2,(H,27,33)(H,30,31)/t22-/m1/s1. The lowest BCUT2D eigenvalue weighted by Crippen LogP contribution is -2.58. The predicted molar refractivity (Wildman–Crippen MR) is 126 cm³/mol. The number of hydrogen-bond acceptors (Lipinski definition) is 6. The highest BCUT2D eigenvalue weighted by molar-refractivity contribution is 6.45. The third-order valence-electron chi connectivity index (χ3n) is 6.94. The number of carboxylic acid groups (broad SMARTS) is 1. The zero-order chi connectivity index (χ0) is 24.9. The van der Waals surface area contributed by atoms with Crippen LogP contribution in [0, 0.1) is 5.92 Å². The van der Waals surface area contributed by atoms with Gasteiger partial charge in [0.15, 0.2) is 0 Å². The number of benzene rings is 1. The highest BCUT2D eigenvalue weighted by atomic mass is 16.5. The minimum absolute atomic E-state index is 0.000625. The first kappa shape index (κ1) is 24.7. The summed E-state index contributed by atoms with van der Waals surface area (Å²) in [7, 11) is 0. The fraction of sp³-hybridized carbons (Fsp3) is 0.520. The summed E-state index contributed by atoms with van der Waals surface area (Å²) in [5.41, 5.74) is 0.527. The number of aliphatic carboxylic acids is 1. The Kier molecular flexibility index (Phi) is 7.70. The first-order chi connectivity index (χ1) is 16.8. The third-order valence-corrected chi connectivity index (χ3v) is 6.94. The first-order valence-corrected chi connectivity index (χ1v) is 12.1. The minimum Gasteiger partial charge on any atom is -0.508 e.